The highest BCUT2D eigenvalue weighted by atomic mass is 32.2. The first-order valence-electron chi connectivity index (χ1n) is 22.7. The number of azo groups is 1. The fourth-order valence-electron chi connectivity index (χ4n) is 11.7. The van der Waals surface area contributed by atoms with Gasteiger partial charge in [-0.1, -0.05) is 132 Å². The molecule has 4 bridgehead atoms. The van der Waals surface area contributed by atoms with Gasteiger partial charge in [-0.05, 0) is 160 Å². The van der Waals surface area contributed by atoms with Gasteiger partial charge in [0.1, 0.15) is 0 Å². The molecule has 0 atom stereocenters. The molecule has 0 spiro atoms. The normalized spacial score (nSPS) is 22.5. The fourth-order valence-corrected chi connectivity index (χ4v) is 13.3. The van der Waals surface area contributed by atoms with Gasteiger partial charge in [0.2, 0.25) is 0 Å². The Morgan fingerprint density at radius 2 is 0.672 bits per heavy atom. The number of nitrogens with zero attached hydrogens (tertiary/aromatic N) is 3. The van der Waals surface area contributed by atoms with Crippen LogP contribution in [0.15, 0.2) is 156 Å². The third-order valence-corrected chi connectivity index (χ3v) is 16.7. The zero-order valence-electron chi connectivity index (χ0n) is 38.0. The Hall–Kier alpha value is -5.97. The van der Waals surface area contributed by atoms with Crippen molar-refractivity contribution in [1.29, 1.82) is 5.26 Å². The summed E-state index contributed by atoms with van der Waals surface area (Å²) in [6.07, 6.45) is 6.22. The van der Waals surface area contributed by atoms with Gasteiger partial charge >= 0.3 is 0 Å². The summed E-state index contributed by atoms with van der Waals surface area (Å²) in [4.78, 5) is 35.7. The van der Waals surface area contributed by atoms with Gasteiger partial charge in [0.25, 0.3) is 0 Å². The highest BCUT2D eigenvalue weighted by molar-refractivity contribution is 8.13. The van der Waals surface area contributed by atoms with E-state index in [-0.39, 0.29) is 37.0 Å². The molecule has 0 heterocycles. The van der Waals surface area contributed by atoms with Crippen LogP contribution in [-0.4, -0.2) is 15.3 Å². The summed E-state index contributed by atoms with van der Waals surface area (Å²) >= 11 is 4.06. The monoisotopic (exact) mass is 933 g/mol. The van der Waals surface area contributed by atoms with Crippen molar-refractivity contribution in [2.24, 2.45) is 10.2 Å². The average molecular weight is 934 g/mol. The third-order valence-electron chi connectivity index (χ3n) is 14.1. The number of nitriles is 1. The SMILES string of the molecule is CC(=O)SCc1ccc(C23CC4(c5ccc(C#Cc6ccc(N=Nc7ccc(C#N)cc7)cc6)cc5)CC(c5ccc(CSC(C)=O)cc5)(C2)CC(c2ccc(CSC(C)=O)cc2)(C4)C3)cc1. The Bertz CT molecular complexity index is 2750. The molecule has 4 aliphatic rings. The van der Waals surface area contributed by atoms with Gasteiger partial charge in [0.15, 0.2) is 15.3 Å². The molecule has 0 N–H and O–H groups in total. The number of hydrogen-bond donors (Lipinski definition) is 0. The van der Waals surface area contributed by atoms with Crippen LogP contribution in [0.3, 0.4) is 0 Å². The maximum absolute atomic E-state index is 11.9. The average Bonchev–Trinajstić information content (AvgIpc) is 3.34. The lowest BCUT2D eigenvalue weighted by Gasteiger charge is -2.71. The number of thioether (sulfide) groups is 3. The minimum Gasteiger partial charge on any atom is -0.288 e. The Balaban J connectivity index is 1.08. The number of hydrogen-bond acceptors (Lipinski definition) is 9. The largest absolute Gasteiger partial charge is 0.288 e. The topological polar surface area (TPSA) is 99.7 Å². The lowest BCUT2D eigenvalue weighted by Crippen LogP contribution is -2.67. The quantitative estimate of drug-likeness (QED) is 0.0890. The van der Waals surface area contributed by atoms with Crippen LogP contribution in [-0.2, 0) is 53.3 Å². The zero-order valence-corrected chi connectivity index (χ0v) is 40.5. The van der Waals surface area contributed by atoms with Crippen molar-refractivity contribution in [1.82, 2.24) is 0 Å². The molecule has 6 aromatic rings. The first-order chi connectivity index (χ1) is 32.4. The molecule has 4 fully saturated rings. The van der Waals surface area contributed by atoms with Crippen LogP contribution in [0, 0.1) is 23.2 Å². The second kappa shape index (κ2) is 19.3. The first-order valence-corrected chi connectivity index (χ1v) is 25.6. The molecule has 4 aliphatic carbocycles. The van der Waals surface area contributed by atoms with E-state index < -0.39 is 0 Å². The minimum atomic E-state index is -0.141. The highest BCUT2D eigenvalue weighted by Gasteiger charge is 2.69. The minimum absolute atomic E-state index is 0.125. The van der Waals surface area contributed by atoms with Crippen molar-refractivity contribution in [2.75, 3.05) is 0 Å². The molecular weight excluding hydrogens is 883 g/mol. The van der Waals surface area contributed by atoms with Crippen LogP contribution in [0.25, 0.3) is 0 Å². The molecular formula is C58H51N3O3S3. The van der Waals surface area contributed by atoms with Crippen molar-refractivity contribution >= 4 is 62.0 Å². The molecule has 0 aromatic heterocycles. The van der Waals surface area contributed by atoms with E-state index in [0.29, 0.717) is 28.5 Å². The van der Waals surface area contributed by atoms with Gasteiger partial charge in [0.05, 0.1) is 23.0 Å². The molecule has 0 amide bonds. The van der Waals surface area contributed by atoms with E-state index in [9.17, 15) is 14.4 Å². The van der Waals surface area contributed by atoms with Crippen LogP contribution in [0.2, 0.25) is 0 Å². The maximum atomic E-state index is 11.9. The summed E-state index contributed by atoms with van der Waals surface area (Å²) < 4.78 is 0. The Kier molecular flexibility index (Phi) is 13.3. The summed E-state index contributed by atoms with van der Waals surface area (Å²) in [7, 11) is 0. The van der Waals surface area contributed by atoms with E-state index in [1.54, 1.807) is 45.0 Å². The Labute approximate surface area is 406 Å². The van der Waals surface area contributed by atoms with E-state index in [4.69, 9.17) is 5.26 Å². The molecule has 0 aliphatic heterocycles. The number of rotatable bonds is 12. The zero-order chi connectivity index (χ0) is 46.7. The van der Waals surface area contributed by atoms with E-state index in [0.717, 1.165) is 72.0 Å². The Morgan fingerprint density at radius 3 is 0.940 bits per heavy atom. The number of carbonyl (C=O) groups is 3. The molecule has 334 valence electrons. The third kappa shape index (κ3) is 10.2. The smallest absolute Gasteiger partial charge is 0.186 e. The Morgan fingerprint density at radius 1 is 0.418 bits per heavy atom. The predicted molar refractivity (Wildman–Crippen MR) is 274 cm³/mol. The summed E-state index contributed by atoms with van der Waals surface area (Å²) in [5.41, 5.74) is 12.2. The summed E-state index contributed by atoms with van der Waals surface area (Å²) in [6.45, 7) is 4.89. The molecule has 6 nitrogen and oxygen atoms in total. The van der Waals surface area contributed by atoms with Crippen molar-refractivity contribution in [3.8, 4) is 17.9 Å². The van der Waals surface area contributed by atoms with Crippen molar-refractivity contribution in [3.63, 3.8) is 0 Å². The van der Waals surface area contributed by atoms with Crippen LogP contribution in [0.1, 0.15) is 115 Å². The maximum Gasteiger partial charge on any atom is 0.186 e. The van der Waals surface area contributed by atoms with Crippen molar-refractivity contribution in [3.05, 3.63) is 201 Å². The molecule has 9 heteroatoms. The van der Waals surface area contributed by atoms with Gasteiger partial charge < -0.3 is 0 Å². The summed E-state index contributed by atoms with van der Waals surface area (Å²) in [5, 5.41) is 18.1. The van der Waals surface area contributed by atoms with Gasteiger partial charge in [-0.2, -0.15) is 15.5 Å². The second-order valence-electron chi connectivity index (χ2n) is 18.8. The lowest BCUT2D eigenvalue weighted by atomic mass is 9.32. The number of carbonyl (C=O) groups excluding carboxylic acids is 3. The van der Waals surface area contributed by atoms with Crippen molar-refractivity contribution in [2.45, 2.75) is 98.2 Å². The summed E-state index contributed by atoms with van der Waals surface area (Å²) in [6, 6.07) is 53.5. The molecule has 0 unspecified atom stereocenters. The van der Waals surface area contributed by atoms with Gasteiger partial charge in [0, 0.05) is 49.2 Å². The lowest BCUT2D eigenvalue weighted by molar-refractivity contribution is -0.109. The fraction of sp³-hybridized carbons (Fsp3) is 0.276. The molecule has 67 heavy (non-hydrogen) atoms. The van der Waals surface area contributed by atoms with Crippen LogP contribution in [0.4, 0.5) is 11.4 Å². The molecule has 0 saturated heterocycles. The first kappa shape index (κ1) is 46.2. The molecule has 0 radical (unpaired) electrons. The predicted octanol–water partition coefficient (Wildman–Crippen LogP) is 14.1. The van der Waals surface area contributed by atoms with Crippen LogP contribution < -0.4 is 0 Å². The van der Waals surface area contributed by atoms with E-state index in [1.165, 1.54) is 57.5 Å². The van der Waals surface area contributed by atoms with E-state index in [2.05, 4.69) is 125 Å². The highest BCUT2D eigenvalue weighted by Crippen LogP contribution is 2.74. The van der Waals surface area contributed by atoms with Crippen LogP contribution >= 0.6 is 35.3 Å². The van der Waals surface area contributed by atoms with E-state index in [1.807, 2.05) is 24.3 Å². The number of benzene rings is 6. The van der Waals surface area contributed by atoms with Gasteiger partial charge in [-0.15, -0.1) is 0 Å². The van der Waals surface area contributed by atoms with E-state index >= 15 is 0 Å². The van der Waals surface area contributed by atoms with Crippen LogP contribution in [0.5, 0.6) is 0 Å². The van der Waals surface area contributed by atoms with Gasteiger partial charge in [-0.25, -0.2) is 0 Å². The van der Waals surface area contributed by atoms with Gasteiger partial charge in [-0.3, -0.25) is 14.4 Å². The summed E-state index contributed by atoms with van der Waals surface area (Å²) in [5.74, 6) is 8.77. The second-order valence-corrected chi connectivity index (χ2v) is 22.3. The molecule has 6 aromatic carbocycles. The standard InChI is InChI=1S/C58H51N3O3S3/c1-40(62)65-31-46-8-20-50(21-9-46)56-34-55(49-18-6-43(7-19-49)4-5-44-14-26-53(27-15-44)60-61-54-28-16-45(30-59)17-29-54)35-57(37-56,51-22-10-47(11-23-51)32-66-41(2)63)39-58(36-55,38-56)52-24-12-48(13-25-52)33-67-42(3)64/h6-29H,31-39H2,1-3H3. The van der Waals surface area contributed by atoms with Crippen molar-refractivity contribution < 1.29 is 14.4 Å². The molecule has 10 rings (SSSR count). The molecule has 4 saturated carbocycles.